The van der Waals surface area contributed by atoms with E-state index >= 15 is 0 Å². The number of nitrogens with one attached hydrogen (secondary N) is 1. The van der Waals surface area contributed by atoms with Crippen LogP contribution in [0.2, 0.25) is 0 Å². The molecule has 0 aliphatic heterocycles. The lowest BCUT2D eigenvalue weighted by molar-refractivity contribution is 0.179. The van der Waals surface area contributed by atoms with Crippen LogP contribution in [0.3, 0.4) is 0 Å². The lowest BCUT2D eigenvalue weighted by atomic mass is 10.2. The van der Waals surface area contributed by atoms with Gasteiger partial charge in [-0.2, -0.15) is 5.26 Å². The summed E-state index contributed by atoms with van der Waals surface area (Å²) in [5, 5.41) is 21.7. The van der Waals surface area contributed by atoms with Crippen LogP contribution in [-0.4, -0.2) is 37.9 Å². The zero-order valence-corrected chi connectivity index (χ0v) is 10.3. The molecule has 17 heavy (non-hydrogen) atoms. The van der Waals surface area contributed by atoms with E-state index in [1.165, 1.54) is 0 Å². The Labute approximate surface area is 102 Å². The van der Waals surface area contributed by atoms with Crippen molar-refractivity contribution in [1.82, 2.24) is 5.32 Å². The minimum absolute atomic E-state index is 0.411. The third-order valence-electron chi connectivity index (χ3n) is 2.53. The first-order valence-electron chi connectivity index (χ1n) is 5.77. The Morgan fingerprint density at radius 3 is 2.94 bits per heavy atom. The molecule has 1 aromatic carbocycles. The second kappa shape index (κ2) is 6.89. The van der Waals surface area contributed by atoms with E-state index in [4.69, 9.17) is 5.26 Å². The maximum Gasteiger partial charge on any atom is 0.0992 e. The maximum absolute atomic E-state index is 9.77. The quantitative estimate of drug-likeness (QED) is 0.768. The van der Waals surface area contributed by atoms with Crippen molar-refractivity contribution in [3.8, 4) is 6.07 Å². The Balaban J connectivity index is 2.57. The molecule has 0 fully saturated rings. The third kappa shape index (κ3) is 4.43. The summed E-state index contributed by atoms with van der Waals surface area (Å²) in [5.41, 5.74) is 1.58. The fourth-order valence-electron chi connectivity index (χ4n) is 1.61. The molecule has 0 bridgehead atoms. The first kappa shape index (κ1) is 13.5. The highest BCUT2D eigenvalue weighted by atomic mass is 16.3. The molecule has 92 valence electrons. The summed E-state index contributed by atoms with van der Waals surface area (Å²) in [4.78, 5) is 1.95. The molecule has 4 nitrogen and oxygen atoms in total. The molecule has 0 radical (unpaired) electrons. The van der Waals surface area contributed by atoms with Gasteiger partial charge in [-0.15, -0.1) is 0 Å². The van der Waals surface area contributed by atoms with Gasteiger partial charge in [-0.25, -0.2) is 0 Å². The number of nitriles is 1. The molecule has 0 saturated heterocycles. The predicted octanol–water partition coefficient (Wildman–Crippen LogP) is 0.965. The number of hydrogen-bond acceptors (Lipinski definition) is 4. The van der Waals surface area contributed by atoms with Crippen LogP contribution in [0.25, 0.3) is 0 Å². The number of nitrogens with zero attached hydrogens (tertiary/aromatic N) is 2. The Kier molecular flexibility index (Phi) is 5.47. The van der Waals surface area contributed by atoms with Crippen molar-refractivity contribution in [2.45, 2.75) is 13.0 Å². The highest BCUT2D eigenvalue weighted by Crippen LogP contribution is 2.14. The van der Waals surface area contributed by atoms with Crippen LogP contribution in [0.5, 0.6) is 0 Å². The van der Waals surface area contributed by atoms with E-state index in [0.29, 0.717) is 18.7 Å². The summed E-state index contributed by atoms with van der Waals surface area (Å²) < 4.78 is 0. The van der Waals surface area contributed by atoms with Crippen molar-refractivity contribution < 1.29 is 5.11 Å². The Bertz CT molecular complexity index is 386. The average Bonchev–Trinajstić information content (AvgIpc) is 2.36. The van der Waals surface area contributed by atoms with Gasteiger partial charge in [0.25, 0.3) is 0 Å². The van der Waals surface area contributed by atoms with Crippen LogP contribution in [0, 0.1) is 11.3 Å². The van der Waals surface area contributed by atoms with E-state index in [0.717, 1.165) is 12.2 Å². The van der Waals surface area contributed by atoms with E-state index in [2.05, 4.69) is 11.4 Å². The highest BCUT2D eigenvalue weighted by Gasteiger charge is 2.08. The highest BCUT2D eigenvalue weighted by molar-refractivity contribution is 5.50. The lowest BCUT2D eigenvalue weighted by Crippen LogP contribution is -2.36. The summed E-state index contributed by atoms with van der Waals surface area (Å²) in [6, 6.07) is 9.48. The summed E-state index contributed by atoms with van der Waals surface area (Å²) in [5.74, 6) is 0. The summed E-state index contributed by atoms with van der Waals surface area (Å²) in [7, 11) is 1.91. The van der Waals surface area contributed by atoms with Crippen LogP contribution in [0.4, 0.5) is 5.69 Å². The van der Waals surface area contributed by atoms with Crippen molar-refractivity contribution in [3.63, 3.8) is 0 Å². The number of anilines is 1. The first-order valence-corrected chi connectivity index (χ1v) is 5.77. The average molecular weight is 233 g/mol. The minimum atomic E-state index is -0.411. The molecular formula is C13H19N3O. The molecule has 0 heterocycles. The number of hydrogen-bond donors (Lipinski definition) is 2. The molecular weight excluding hydrogens is 214 g/mol. The lowest BCUT2D eigenvalue weighted by Gasteiger charge is -2.23. The van der Waals surface area contributed by atoms with E-state index in [-0.39, 0.29) is 0 Å². The van der Waals surface area contributed by atoms with E-state index in [1.54, 1.807) is 6.07 Å². The molecule has 1 aromatic rings. The molecule has 0 saturated carbocycles. The zero-order chi connectivity index (χ0) is 12.7. The van der Waals surface area contributed by atoms with Gasteiger partial charge in [-0.1, -0.05) is 13.0 Å². The van der Waals surface area contributed by atoms with Crippen LogP contribution in [0.1, 0.15) is 12.5 Å². The van der Waals surface area contributed by atoms with E-state index < -0.39 is 6.10 Å². The van der Waals surface area contributed by atoms with Gasteiger partial charge in [-0.05, 0) is 24.7 Å². The summed E-state index contributed by atoms with van der Waals surface area (Å²) in [6.07, 6.45) is -0.411. The van der Waals surface area contributed by atoms with E-state index in [9.17, 15) is 5.11 Å². The topological polar surface area (TPSA) is 59.3 Å². The summed E-state index contributed by atoms with van der Waals surface area (Å²) >= 11 is 0. The van der Waals surface area contributed by atoms with Crippen LogP contribution < -0.4 is 10.2 Å². The van der Waals surface area contributed by atoms with Gasteiger partial charge >= 0.3 is 0 Å². The van der Waals surface area contributed by atoms with Crippen LogP contribution in [0.15, 0.2) is 24.3 Å². The van der Waals surface area contributed by atoms with Crippen LogP contribution >= 0.6 is 0 Å². The molecule has 1 rings (SSSR count). The Morgan fingerprint density at radius 1 is 1.53 bits per heavy atom. The van der Waals surface area contributed by atoms with Crippen molar-refractivity contribution in [3.05, 3.63) is 29.8 Å². The molecule has 0 spiro atoms. The van der Waals surface area contributed by atoms with Gasteiger partial charge in [0.05, 0.1) is 17.7 Å². The summed E-state index contributed by atoms with van der Waals surface area (Å²) in [6.45, 7) is 3.98. The zero-order valence-electron chi connectivity index (χ0n) is 10.3. The van der Waals surface area contributed by atoms with Gasteiger partial charge in [0.15, 0.2) is 0 Å². The molecule has 0 aliphatic rings. The van der Waals surface area contributed by atoms with Crippen LogP contribution in [-0.2, 0) is 0 Å². The predicted molar refractivity (Wildman–Crippen MR) is 69.0 cm³/mol. The SMILES string of the molecule is CCNCC(O)CN(C)c1cccc(C#N)c1. The molecule has 0 amide bonds. The third-order valence-corrected chi connectivity index (χ3v) is 2.53. The van der Waals surface area contributed by atoms with Crippen molar-refractivity contribution in [2.75, 3.05) is 31.6 Å². The van der Waals surface area contributed by atoms with Crippen molar-refractivity contribution in [2.24, 2.45) is 0 Å². The number of aliphatic hydroxyl groups is 1. The van der Waals surface area contributed by atoms with Crippen molar-refractivity contribution >= 4 is 5.69 Å². The number of benzene rings is 1. The molecule has 1 atom stereocenters. The first-order chi connectivity index (χ1) is 8.17. The molecule has 0 aliphatic carbocycles. The van der Waals surface area contributed by atoms with Gasteiger partial charge < -0.3 is 15.3 Å². The normalized spacial score (nSPS) is 11.9. The maximum atomic E-state index is 9.77. The fourth-order valence-corrected chi connectivity index (χ4v) is 1.61. The number of likely N-dealkylation sites (N-methyl/N-ethyl adjacent to an activating group) is 2. The smallest absolute Gasteiger partial charge is 0.0992 e. The molecule has 2 N–H and O–H groups in total. The largest absolute Gasteiger partial charge is 0.390 e. The monoisotopic (exact) mass is 233 g/mol. The number of aliphatic hydroxyl groups excluding tert-OH is 1. The second-order valence-corrected chi connectivity index (χ2v) is 4.00. The standard InChI is InChI=1S/C13H19N3O/c1-3-15-9-13(17)10-16(2)12-6-4-5-11(7-12)8-14/h4-7,13,15,17H,3,9-10H2,1-2H3. The minimum Gasteiger partial charge on any atom is -0.390 e. The van der Waals surface area contributed by atoms with Gasteiger partial charge in [0.1, 0.15) is 0 Å². The molecule has 1 unspecified atom stereocenters. The number of rotatable bonds is 6. The van der Waals surface area contributed by atoms with Gasteiger partial charge in [0, 0.05) is 25.8 Å². The van der Waals surface area contributed by atoms with E-state index in [1.807, 2.05) is 37.1 Å². The second-order valence-electron chi connectivity index (χ2n) is 4.00. The van der Waals surface area contributed by atoms with Gasteiger partial charge in [0.2, 0.25) is 0 Å². The van der Waals surface area contributed by atoms with Crippen molar-refractivity contribution in [1.29, 1.82) is 5.26 Å². The fraction of sp³-hybridized carbons (Fsp3) is 0.462. The molecule has 4 heteroatoms. The van der Waals surface area contributed by atoms with Gasteiger partial charge in [-0.3, -0.25) is 0 Å². The molecule has 0 aromatic heterocycles. The Hall–Kier alpha value is -1.57. The Morgan fingerprint density at radius 2 is 2.29 bits per heavy atom.